The van der Waals surface area contributed by atoms with Crippen LogP contribution >= 0.6 is 63.7 Å². The van der Waals surface area contributed by atoms with Gasteiger partial charge in [-0.3, -0.25) is 9.55 Å². The summed E-state index contributed by atoms with van der Waals surface area (Å²) in [6, 6.07) is 0. The molecule has 7 heteroatoms. The summed E-state index contributed by atoms with van der Waals surface area (Å²) in [5, 5.41) is 12.7. The van der Waals surface area contributed by atoms with E-state index >= 15 is 0 Å². The fourth-order valence-electron chi connectivity index (χ4n) is 1.88. The zero-order valence-corrected chi connectivity index (χ0v) is 15.4. The van der Waals surface area contributed by atoms with Crippen molar-refractivity contribution in [3.8, 4) is 0 Å². The largest absolute Gasteiger partial charge is 0.621 e. The van der Waals surface area contributed by atoms with Crippen LogP contribution in [0.25, 0.3) is 0 Å². The number of benzene rings is 1. The number of quaternary nitrogens is 1. The molecule has 18 heavy (non-hydrogen) atoms. The van der Waals surface area contributed by atoms with Crippen molar-refractivity contribution < 1.29 is 0 Å². The first-order valence-corrected chi connectivity index (χ1v) is 8.02. The van der Waals surface area contributed by atoms with Crippen molar-refractivity contribution in [2.45, 2.75) is 0 Å². The first-order chi connectivity index (χ1) is 8.37. The van der Waals surface area contributed by atoms with E-state index in [2.05, 4.69) is 76.9 Å². The molecule has 0 spiro atoms. The monoisotopic (exact) mass is 500 g/mol. The highest BCUT2D eigenvalue weighted by atomic mass is 79.9. The van der Waals surface area contributed by atoms with E-state index in [9.17, 15) is 5.21 Å². The molecule has 1 atom stereocenters. The summed E-state index contributed by atoms with van der Waals surface area (Å²) >= 11 is 13.9. The Hall–Kier alpha value is 0.340. The zero-order chi connectivity index (χ0) is 13.7. The van der Waals surface area contributed by atoms with Gasteiger partial charge in [0.2, 0.25) is 0 Å². The predicted octanol–water partition coefficient (Wildman–Crippen LogP) is 5.61. The summed E-state index contributed by atoms with van der Waals surface area (Å²) in [4.78, 5) is 1.80. The second-order valence-corrected chi connectivity index (χ2v) is 6.90. The molecule has 0 saturated heterocycles. The lowest BCUT2D eigenvalue weighted by atomic mass is 10.2. The highest BCUT2D eigenvalue weighted by Crippen LogP contribution is 2.55. The second-order valence-electron chi connectivity index (χ2n) is 3.73. The van der Waals surface area contributed by atoms with Crippen molar-refractivity contribution in [2.75, 3.05) is 11.6 Å². The highest BCUT2D eigenvalue weighted by molar-refractivity contribution is 9.15. The Bertz CT molecular complexity index is 561. The normalized spacial score (nSPS) is 21.9. The van der Waals surface area contributed by atoms with Gasteiger partial charge in [0.15, 0.2) is 12.4 Å². The van der Waals surface area contributed by atoms with Gasteiger partial charge in [-0.05, 0) is 70.3 Å². The third kappa shape index (κ3) is 1.96. The van der Waals surface area contributed by atoms with Crippen LogP contribution < -0.4 is 9.55 Å². The third-order valence-electron chi connectivity index (χ3n) is 2.76. The number of halogens is 4. The number of anilines is 1. The van der Waals surface area contributed by atoms with Crippen LogP contribution in [0.15, 0.2) is 43.4 Å². The molecule has 1 unspecified atom stereocenters. The fraction of sp³-hybridized carbons (Fsp3) is 0.0909. The summed E-state index contributed by atoms with van der Waals surface area (Å²) in [7, 11) is 0. The molecule has 1 aliphatic heterocycles. The molecule has 0 aliphatic carbocycles. The Morgan fingerprint density at radius 2 is 1.61 bits per heavy atom. The van der Waals surface area contributed by atoms with Crippen molar-refractivity contribution in [1.82, 2.24) is 4.65 Å². The highest BCUT2D eigenvalue weighted by Gasteiger charge is 2.39. The van der Waals surface area contributed by atoms with Gasteiger partial charge in [0.25, 0.3) is 0 Å². The molecule has 0 radical (unpaired) electrons. The lowest BCUT2D eigenvalue weighted by Gasteiger charge is -2.34. The fourth-order valence-corrected chi connectivity index (χ4v) is 4.49. The van der Waals surface area contributed by atoms with E-state index in [-0.39, 0.29) is 6.67 Å². The Balaban J connectivity index is 2.89. The van der Waals surface area contributed by atoms with Crippen LogP contribution in [0.1, 0.15) is 0 Å². The molecule has 2 rings (SSSR count). The Morgan fingerprint density at radius 1 is 1.06 bits per heavy atom. The maximum absolute atomic E-state index is 12.7. The first kappa shape index (κ1) is 14.7. The van der Waals surface area contributed by atoms with Crippen LogP contribution in [-0.2, 0) is 0 Å². The number of hydroxylamine groups is 2. The maximum Gasteiger partial charge on any atom is 0.179 e. The molecule has 1 aliphatic rings. The minimum atomic E-state index is -0.633. The van der Waals surface area contributed by atoms with Crippen LogP contribution in [-0.4, -0.2) is 6.67 Å². The summed E-state index contributed by atoms with van der Waals surface area (Å²) in [6.45, 7) is 7.61. The molecule has 0 fully saturated rings. The van der Waals surface area contributed by atoms with Crippen molar-refractivity contribution in [2.24, 2.45) is 0 Å². The van der Waals surface area contributed by atoms with E-state index in [1.54, 1.807) is 11.1 Å². The van der Waals surface area contributed by atoms with Gasteiger partial charge >= 0.3 is 0 Å². The summed E-state index contributed by atoms with van der Waals surface area (Å²) in [5.41, 5.74) is 1.40. The number of nitrogens with zero attached hydrogens (tertiary/aromatic N) is 2. The maximum atomic E-state index is 12.7. The van der Waals surface area contributed by atoms with Gasteiger partial charge in [-0.25, -0.2) is 0 Å². The van der Waals surface area contributed by atoms with E-state index in [1.165, 1.54) is 6.20 Å². The molecule has 96 valence electrons. The smallest absolute Gasteiger partial charge is 0.179 e. The number of hydrogen-bond acceptors (Lipinski definition) is 2. The number of hydrogen-bond donors (Lipinski definition) is 0. The molecule has 3 nitrogen and oxygen atoms in total. The van der Waals surface area contributed by atoms with E-state index in [1.807, 2.05) is 0 Å². The van der Waals surface area contributed by atoms with Crippen LogP contribution in [0.3, 0.4) is 0 Å². The van der Waals surface area contributed by atoms with Gasteiger partial charge < -0.3 is 5.21 Å². The summed E-state index contributed by atoms with van der Waals surface area (Å²) in [5.74, 6) is 0. The van der Waals surface area contributed by atoms with Crippen molar-refractivity contribution in [1.29, 1.82) is 0 Å². The number of fused-ring (bicyclic) bond motifs is 1. The number of rotatable bonds is 2. The lowest BCUT2D eigenvalue weighted by Crippen LogP contribution is -2.38. The van der Waals surface area contributed by atoms with Gasteiger partial charge in [-0.1, -0.05) is 6.58 Å². The molecule has 1 aromatic rings. The van der Waals surface area contributed by atoms with Crippen LogP contribution in [0.4, 0.5) is 11.4 Å². The van der Waals surface area contributed by atoms with Crippen LogP contribution in [0.2, 0.25) is 0 Å². The predicted molar refractivity (Wildman–Crippen MR) is 90.1 cm³/mol. The van der Waals surface area contributed by atoms with Gasteiger partial charge in [-0.15, -0.1) is 0 Å². The van der Waals surface area contributed by atoms with Gasteiger partial charge in [-0.2, -0.15) is 0 Å². The molecular formula is C11H8Br4N2O. The average molecular weight is 504 g/mol. The van der Waals surface area contributed by atoms with E-state index < -0.39 is 4.65 Å². The molecule has 1 aromatic carbocycles. The average Bonchev–Trinajstić information content (AvgIpc) is 2.67. The molecule has 0 saturated carbocycles. The zero-order valence-electron chi connectivity index (χ0n) is 9.09. The minimum Gasteiger partial charge on any atom is -0.621 e. The van der Waals surface area contributed by atoms with E-state index in [0.717, 1.165) is 19.1 Å². The van der Waals surface area contributed by atoms with Gasteiger partial charge in [0.05, 0.1) is 19.6 Å². The standard InChI is InChI=1S/C11H8Br4N2O/c1-3-16-5-17(18,4-2)11-9(15)7(13)6(12)8(14)10(11)16/h3-4H,1-2,5H2. The molecular weight excluding hydrogens is 496 g/mol. The lowest BCUT2D eigenvalue weighted by molar-refractivity contribution is 0.531. The SMILES string of the molecule is C=CN1C[N+]([O-])(C=C)c2c(Br)c(Br)c(Br)c(Br)c21. The molecule has 0 aromatic heterocycles. The quantitative estimate of drug-likeness (QED) is 0.227. The topological polar surface area (TPSA) is 26.3 Å². The van der Waals surface area contributed by atoms with Crippen LogP contribution in [0.5, 0.6) is 0 Å². The van der Waals surface area contributed by atoms with Crippen molar-refractivity contribution in [3.63, 3.8) is 0 Å². The van der Waals surface area contributed by atoms with Gasteiger partial charge in [0.1, 0.15) is 5.69 Å². The second kappa shape index (κ2) is 5.03. The summed E-state index contributed by atoms with van der Waals surface area (Å²) in [6.07, 6.45) is 3.01. The van der Waals surface area contributed by atoms with E-state index in [4.69, 9.17) is 0 Å². The van der Waals surface area contributed by atoms with Gasteiger partial charge in [0, 0.05) is 10.7 Å². The molecule has 0 bridgehead atoms. The first-order valence-electron chi connectivity index (χ1n) is 4.85. The minimum absolute atomic E-state index is 0.225. The van der Waals surface area contributed by atoms with Crippen molar-refractivity contribution in [3.05, 3.63) is 48.7 Å². The van der Waals surface area contributed by atoms with Crippen molar-refractivity contribution >= 4 is 75.1 Å². The molecule has 0 N–H and O–H groups in total. The third-order valence-corrected chi connectivity index (χ3v) is 7.49. The van der Waals surface area contributed by atoms with Crippen LogP contribution in [0, 0.1) is 5.21 Å². The summed E-state index contributed by atoms with van der Waals surface area (Å²) < 4.78 is 2.53. The molecule has 0 amide bonds. The Kier molecular flexibility index (Phi) is 4.12. The Morgan fingerprint density at radius 3 is 2.11 bits per heavy atom. The van der Waals surface area contributed by atoms with E-state index in [0.29, 0.717) is 10.2 Å². The Labute approximate surface area is 139 Å². The molecule has 1 heterocycles.